The van der Waals surface area contributed by atoms with Crippen LogP contribution in [0, 0.1) is 0 Å². The number of nitrogens with zero attached hydrogens (tertiary/aromatic N) is 1. The second-order valence-corrected chi connectivity index (χ2v) is 6.73. The van der Waals surface area contributed by atoms with Crippen molar-refractivity contribution in [3.63, 3.8) is 0 Å². The molecule has 2 atom stereocenters. The van der Waals surface area contributed by atoms with Gasteiger partial charge in [-0.3, -0.25) is 14.4 Å². The molecule has 0 saturated carbocycles. The first kappa shape index (κ1) is 18.6. The van der Waals surface area contributed by atoms with Gasteiger partial charge in [0, 0.05) is 20.0 Å². The summed E-state index contributed by atoms with van der Waals surface area (Å²) in [6.45, 7) is 1.92. The van der Waals surface area contributed by atoms with Gasteiger partial charge in [0.2, 0.25) is 11.8 Å². The Kier molecular flexibility index (Phi) is 5.54. The Balaban J connectivity index is 1.80. The van der Waals surface area contributed by atoms with E-state index >= 15 is 0 Å². The van der Waals surface area contributed by atoms with Crippen molar-refractivity contribution in [2.45, 2.75) is 31.8 Å². The summed E-state index contributed by atoms with van der Waals surface area (Å²) >= 11 is 0. The molecule has 2 N–H and O–H groups in total. The molecule has 1 heterocycles. The fourth-order valence-electron chi connectivity index (χ4n) is 3.49. The lowest BCUT2D eigenvalue weighted by molar-refractivity contribution is -0.141. The fourth-order valence-corrected chi connectivity index (χ4v) is 3.49. The minimum absolute atomic E-state index is 0.0814. The van der Waals surface area contributed by atoms with Crippen LogP contribution in [0.4, 0.5) is 0 Å². The van der Waals surface area contributed by atoms with E-state index in [0.29, 0.717) is 6.54 Å². The van der Waals surface area contributed by atoms with Gasteiger partial charge in [-0.2, -0.15) is 0 Å². The van der Waals surface area contributed by atoms with E-state index in [1.165, 1.54) is 6.92 Å². The summed E-state index contributed by atoms with van der Waals surface area (Å²) in [4.78, 5) is 37.7. The first-order valence-electron chi connectivity index (χ1n) is 8.86. The minimum atomic E-state index is -0.943. The lowest BCUT2D eigenvalue weighted by Crippen LogP contribution is -2.42. The molecule has 2 aromatic rings. The van der Waals surface area contributed by atoms with E-state index in [1.54, 1.807) is 11.0 Å². The first-order chi connectivity index (χ1) is 13.0. The molecule has 140 valence electrons. The van der Waals surface area contributed by atoms with E-state index < -0.39 is 17.9 Å². The molecule has 0 saturated heterocycles. The highest BCUT2D eigenvalue weighted by Gasteiger charge is 2.33. The number of nitrogens with one attached hydrogen (secondary N) is 1. The van der Waals surface area contributed by atoms with Crippen LogP contribution in [0.25, 0.3) is 0 Å². The van der Waals surface area contributed by atoms with Crippen molar-refractivity contribution in [1.29, 1.82) is 0 Å². The monoisotopic (exact) mass is 366 g/mol. The average molecular weight is 366 g/mol. The van der Waals surface area contributed by atoms with Crippen LogP contribution >= 0.6 is 0 Å². The van der Waals surface area contributed by atoms with Crippen LogP contribution in [0.2, 0.25) is 0 Å². The van der Waals surface area contributed by atoms with Crippen LogP contribution in [-0.2, 0) is 20.9 Å². The van der Waals surface area contributed by atoms with Gasteiger partial charge in [-0.1, -0.05) is 54.6 Å². The number of rotatable bonds is 5. The largest absolute Gasteiger partial charge is 0.481 e. The Morgan fingerprint density at radius 2 is 1.78 bits per heavy atom. The van der Waals surface area contributed by atoms with Gasteiger partial charge in [-0.25, -0.2) is 0 Å². The molecule has 0 aromatic heterocycles. The van der Waals surface area contributed by atoms with Crippen LogP contribution in [0.1, 0.15) is 42.0 Å². The average Bonchev–Trinajstić information content (AvgIpc) is 2.66. The summed E-state index contributed by atoms with van der Waals surface area (Å²) in [6.07, 6.45) is 0.0814. The smallest absolute Gasteiger partial charge is 0.312 e. The van der Waals surface area contributed by atoms with Gasteiger partial charge in [0.1, 0.15) is 0 Å². The summed E-state index contributed by atoms with van der Waals surface area (Å²) in [5, 5.41) is 12.4. The van der Waals surface area contributed by atoms with E-state index in [1.807, 2.05) is 48.5 Å². The predicted octanol–water partition coefficient (Wildman–Crippen LogP) is 2.46. The third kappa shape index (κ3) is 4.34. The van der Waals surface area contributed by atoms with Gasteiger partial charge in [0.15, 0.2) is 0 Å². The molecule has 0 spiro atoms. The van der Waals surface area contributed by atoms with Crippen LogP contribution < -0.4 is 5.32 Å². The van der Waals surface area contributed by atoms with Crippen molar-refractivity contribution in [2.75, 3.05) is 6.54 Å². The van der Waals surface area contributed by atoms with E-state index in [-0.39, 0.29) is 24.8 Å². The number of carboxylic acids is 1. The van der Waals surface area contributed by atoms with Crippen LogP contribution in [0.15, 0.2) is 54.6 Å². The van der Waals surface area contributed by atoms with Crippen molar-refractivity contribution >= 4 is 17.8 Å². The molecular formula is C21H22N2O4. The maximum absolute atomic E-state index is 12.9. The molecule has 6 heteroatoms. The summed E-state index contributed by atoms with van der Waals surface area (Å²) in [5.74, 6) is -2.08. The lowest BCUT2D eigenvalue weighted by atomic mass is 9.89. The summed E-state index contributed by atoms with van der Waals surface area (Å²) in [6, 6.07) is 16.2. The lowest BCUT2D eigenvalue weighted by Gasteiger charge is -2.33. The van der Waals surface area contributed by atoms with Crippen LogP contribution in [-0.4, -0.2) is 34.3 Å². The first-order valence-corrected chi connectivity index (χ1v) is 8.86. The number of carbonyl (C=O) groups is 3. The molecular weight excluding hydrogens is 344 g/mol. The van der Waals surface area contributed by atoms with Gasteiger partial charge >= 0.3 is 5.97 Å². The van der Waals surface area contributed by atoms with E-state index in [0.717, 1.165) is 16.7 Å². The fraction of sp³-hybridized carbons (Fsp3) is 0.286. The van der Waals surface area contributed by atoms with Crippen LogP contribution in [0.5, 0.6) is 0 Å². The molecule has 0 bridgehead atoms. The summed E-state index contributed by atoms with van der Waals surface area (Å²) in [5.41, 5.74) is 2.45. The minimum Gasteiger partial charge on any atom is -0.481 e. The van der Waals surface area contributed by atoms with Gasteiger partial charge in [0.05, 0.1) is 18.4 Å². The zero-order valence-electron chi connectivity index (χ0n) is 15.1. The summed E-state index contributed by atoms with van der Waals surface area (Å²) < 4.78 is 0. The van der Waals surface area contributed by atoms with E-state index in [4.69, 9.17) is 0 Å². The number of hydrogen-bond acceptors (Lipinski definition) is 3. The molecule has 2 amide bonds. The molecule has 1 aliphatic heterocycles. The second kappa shape index (κ2) is 8.03. The maximum Gasteiger partial charge on any atom is 0.312 e. The molecule has 0 fully saturated rings. The molecule has 6 nitrogen and oxygen atoms in total. The van der Waals surface area contributed by atoms with Crippen molar-refractivity contribution < 1.29 is 19.5 Å². The molecule has 27 heavy (non-hydrogen) atoms. The molecule has 0 radical (unpaired) electrons. The number of hydrogen-bond donors (Lipinski definition) is 2. The number of benzene rings is 2. The van der Waals surface area contributed by atoms with Crippen molar-refractivity contribution in [3.05, 3.63) is 71.3 Å². The zero-order valence-corrected chi connectivity index (χ0v) is 15.1. The third-order valence-electron chi connectivity index (χ3n) is 4.80. The predicted molar refractivity (Wildman–Crippen MR) is 99.9 cm³/mol. The Morgan fingerprint density at radius 3 is 2.44 bits per heavy atom. The van der Waals surface area contributed by atoms with Crippen LogP contribution in [0.3, 0.4) is 0 Å². The molecule has 0 aliphatic carbocycles. The highest BCUT2D eigenvalue weighted by Crippen LogP contribution is 2.30. The Morgan fingerprint density at radius 1 is 1.11 bits per heavy atom. The number of aliphatic carboxylic acids is 1. The Bertz CT molecular complexity index is 850. The SMILES string of the molecule is CC(=O)NC(CC(=O)N1Cc2ccccc2C(C(=O)O)C1)c1ccccc1. The third-order valence-corrected chi connectivity index (χ3v) is 4.80. The molecule has 3 rings (SSSR count). The maximum atomic E-state index is 12.9. The normalized spacial score (nSPS) is 16.9. The molecule has 2 unspecified atom stereocenters. The van der Waals surface area contributed by atoms with Crippen molar-refractivity contribution in [1.82, 2.24) is 10.2 Å². The number of carboxylic acid groups (broad SMARTS) is 1. The van der Waals surface area contributed by atoms with Crippen molar-refractivity contribution in [2.24, 2.45) is 0 Å². The quantitative estimate of drug-likeness (QED) is 0.851. The van der Waals surface area contributed by atoms with E-state index in [9.17, 15) is 19.5 Å². The Hall–Kier alpha value is -3.15. The highest BCUT2D eigenvalue weighted by molar-refractivity contribution is 5.82. The number of amides is 2. The highest BCUT2D eigenvalue weighted by atomic mass is 16.4. The Labute approximate surface area is 157 Å². The second-order valence-electron chi connectivity index (χ2n) is 6.73. The van der Waals surface area contributed by atoms with Gasteiger partial charge in [-0.05, 0) is 16.7 Å². The van der Waals surface area contributed by atoms with Gasteiger partial charge in [-0.15, -0.1) is 0 Å². The zero-order chi connectivity index (χ0) is 19.4. The van der Waals surface area contributed by atoms with Gasteiger partial charge < -0.3 is 15.3 Å². The molecule has 1 aliphatic rings. The standard InChI is InChI=1S/C21H22N2O4/c1-14(24)22-19(15-7-3-2-4-8-15)11-20(25)23-12-16-9-5-6-10-17(16)18(13-23)21(26)27/h2-10,18-19H,11-13H2,1H3,(H,22,24)(H,26,27). The number of carbonyl (C=O) groups excluding carboxylic acids is 2. The topological polar surface area (TPSA) is 86.7 Å². The summed E-state index contributed by atoms with van der Waals surface area (Å²) in [7, 11) is 0. The number of fused-ring (bicyclic) bond motifs is 1. The van der Waals surface area contributed by atoms with E-state index in [2.05, 4.69) is 5.32 Å². The molecule has 2 aromatic carbocycles. The van der Waals surface area contributed by atoms with Crippen molar-refractivity contribution in [3.8, 4) is 0 Å². The van der Waals surface area contributed by atoms with Gasteiger partial charge in [0.25, 0.3) is 0 Å².